The second-order valence-electron chi connectivity index (χ2n) is 7.41. The van der Waals surface area contributed by atoms with E-state index in [1.165, 1.54) is 87.9 Å². The van der Waals surface area contributed by atoms with E-state index in [4.69, 9.17) is 0 Å². The lowest BCUT2D eigenvalue weighted by Gasteiger charge is -2.04. The van der Waals surface area contributed by atoms with Gasteiger partial charge in [0.25, 0.3) is 0 Å². The van der Waals surface area contributed by atoms with E-state index in [2.05, 4.69) is 21.9 Å². The summed E-state index contributed by atoms with van der Waals surface area (Å²) in [7, 11) is 0. The maximum absolute atomic E-state index is 12.3. The van der Waals surface area contributed by atoms with Crippen molar-refractivity contribution in [3.63, 3.8) is 0 Å². The van der Waals surface area contributed by atoms with Crippen LogP contribution in [0.5, 0.6) is 0 Å². The van der Waals surface area contributed by atoms with Crippen LogP contribution in [-0.2, 0) is 0 Å². The van der Waals surface area contributed by atoms with E-state index in [-0.39, 0.29) is 11.4 Å². The number of rotatable bonds is 14. The Morgan fingerprint density at radius 2 is 1.44 bits per heavy atom. The van der Waals surface area contributed by atoms with Crippen molar-refractivity contribution in [2.75, 3.05) is 0 Å². The van der Waals surface area contributed by atoms with Crippen LogP contribution in [0, 0.1) is 0 Å². The molecule has 0 spiro atoms. The molecule has 0 aliphatic heterocycles. The van der Waals surface area contributed by atoms with Gasteiger partial charge in [-0.1, -0.05) is 84.0 Å². The number of aromatic nitrogens is 4. The van der Waals surface area contributed by atoms with Gasteiger partial charge in [-0.05, 0) is 6.42 Å². The normalized spacial score (nSPS) is 11.3. The number of carbonyl (C=O) groups is 1. The molecule has 0 radical (unpaired) electrons. The van der Waals surface area contributed by atoms with E-state index in [9.17, 15) is 9.59 Å². The van der Waals surface area contributed by atoms with Crippen LogP contribution >= 0.6 is 0 Å². The minimum atomic E-state index is -0.406. The number of imidazole rings is 1. The number of hydrogen-bond donors (Lipinski definition) is 1. The van der Waals surface area contributed by atoms with Crippen LogP contribution < -0.4 is 5.56 Å². The molecule has 150 valence electrons. The van der Waals surface area contributed by atoms with Gasteiger partial charge >= 0.3 is 5.56 Å². The van der Waals surface area contributed by atoms with E-state index >= 15 is 0 Å². The summed E-state index contributed by atoms with van der Waals surface area (Å²) >= 11 is 0. The molecule has 0 aliphatic carbocycles. The standard InChI is InChI=1S/C21H34N4O2/c1-2-3-4-5-6-7-8-9-10-11-12-13-14-15-18(26)25-17-24-19-20(25)22-16-23-21(19)27/h16-17H,2-15H2,1H3,(H,22,23,27). The number of hydrogen-bond acceptors (Lipinski definition) is 4. The Kier molecular flexibility index (Phi) is 9.80. The average Bonchev–Trinajstić information content (AvgIpc) is 3.11. The zero-order valence-electron chi connectivity index (χ0n) is 16.7. The lowest BCUT2D eigenvalue weighted by Crippen LogP contribution is -2.12. The van der Waals surface area contributed by atoms with Crippen LogP contribution in [0.2, 0.25) is 0 Å². The van der Waals surface area contributed by atoms with Crippen LogP contribution in [0.15, 0.2) is 17.4 Å². The summed E-state index contributed by atoms with van der Waals surface area (Å²) in [5, 5.41) is 0. The van der Waals surface area contributed by atoms with Gasteiger partial charge in [0.1, 0.15) is 6.33 Å². The molecule has 27 heavy (non-hydrogen) atoms. The first kappa shape index (κ1) is 21.3. The second-order valence-corrected chi connectivity index (χ2v) is 7.41. The van der Waals surface area contributed by atoms with Crippen molar-refractivity contribution in [1.82, 2.24) is 19.5 Å². The molecule has 0 aromatic carbocycles. The fourth-order valence-electron chi connectivity index (χ4n) is 3.46. The third-order valence-corrected chi connectivity index (χ3v) is 5.12. The van der Waals surface area contributed by atoms with E-state index in [0.717, 1.165) is 12.8 Å². The summed E-state index contributed by atoms with van der Waals surface area (Å²) < 4.78 is 1.43. The third-order valence-electron chi connectivity index (χ3n) is 5.12. The molecule has 0 atom stereocenters. The Bertz CT molecular complexity index is 735. The quantitative estimate of drug-likeness (QED) is 0.458. The van der Waals surface area contributed by atoms with Gasteiger partial charge in [-0.25, -0.2) is 4.98 Å². The van der Waals surface area contributed by atoms with E-state index in [0.29, 0.717) is 12.1 Å². The Balaban J connectivity index is 1.50. The first-order chi connectivity index (χ1) is 13.2. The first-order valence-electron chi connectivity index (χ1n) is 10.7. The molecule has 0 saturated heterocycles. The summed E-state index contributed by atoms with van der Waals surface area (Å²) in [4.78, 5) is 34.3. The highest BCUT2D eigenvalue weighted by atomic mass is 16.2. The molecule has 6 heteroatoms. The second kappa shape index (κ2) is 12.4. The van der Waals surface area contributed by atoms with E-state index in [1.54, 1.807) is 0 Å². The molecule has 0 saturated carbocycles. The van der Waals surface area contributed by atoms with Crippen molar-refractivity contribution in [3.05, 3.63) is 23.0 Å². The number of carbonyl (C=O) groups excluding carboxylic acids is 1. The molecule has 2 aromatic rings. The van der Waals surface area contributed by atoms with Gasteiger partial charge in [-0.3, -0.25) is 14.2 Å². The molecule has 0 bridgehead atoms. The van der Waals surface area contributed by atoms with Crippen molar-refractivity contribution in [3.8, 4) is 0 Å². The Labute approximate surface area is 161 Å². The minimum Gasteiger partial charge on any atom is -0.330 e. The molecule has 0 fully saturated rings. The number of unbranched alkanes of at least 4 members (excludes halogenated alkanes) is 12. The summed E-state index contributed by atoms with van der Waals surface area (Å²) in [5.74, 6) is -0.0255. The third kappa shape index (κ3) is 7.27. The predicted molar refractivity (Wildman–Crippen MR) is 109 cm³/mol. The van der Waals surface area contributed by atoms with Crippen LogP contribution in [0.4, 0.5) is 0 Å². The van der Waals surface area contributed by atoms with Crippen molar-refractivity contribution in [2.24, 2.45) is 0 Å². The number of nitrogens with one attached hydrogen (secondary N) is 1. The van der Waals surface area contributed by atoms with Crippen LogP contribution in [0.3, 0.4) is 0 Å². The average molecular weight is 375 g/mol. The summed E-state index contributed by atoms with van der Waals surface area (Å²) in [6, 6.07) is 0. The molecule has 0 aliphatic rings. The molecule has 6 nitrogen and oxygen atoms in total. The first-order valence-corrected chi connectivity index (χ1v) is 10.7. The molecular formula is C21H34N4O2. The largest absolute Gasteiger partial charge is 0.330 e. The monoisotopic (exact) mass is 374 g/mol. The zero-order chi connectivity index (χ0) is 19.3. The number of H-pyrrole nitrogens is 1. The molecular weight excluding hydrogens is 340 g/mol. The van der Waals surface area contributed by atoms with Crippen molar-refractivity contribution >= 4 is 17.1 Å². The summed E-state index contributed by atoms with van der Waals surface area (Å²) in [5.41, 5.74) is 0.252. The van der Waals surface area contributed by atoms with Crippen molar-refractivity contribution in [2.45, 2.75) is 96.8 Å². The zero-order valence-corrected chi connectivity index (χ0v) is 16.7. The van der Waals surface area contributed by atoms with Crippen LogP contribution in [-0.4, -0.2) is 25.4 Å². The summed E-state index contributed by atoms with van der Waals surface area (Å²) in [6.07, 6.45) is 19.9. The van der Waals surface area contributed by atoms with Gasteiger partial charge in [0.05, 0.1) is 6.33 Å². The van der Waals surface area contributed by atoms with E-state index in [1.807, 2.05) is 0 Å². The lowest BCUT2D eigenvalue weighted by molar-refractivity contribution is 0.0903. The Morgan fingerprint density at radius 3 is 2.04 bits per heavy atom. The van der Waals surface area contributed by atoms with Gasteiger partial charge in [-0.2, -0.15) is 4.98 Å². The molecule has 0 unspecified atom stereocenters. The molecule has 2 aromatic heterocycles. The number of aromatic amines is 1. The van der Waals surface area contributed by atoms with Crippen LogP contribution in [0.1, 0.15) is 102 Å². The van der Waals surface area contributed by atoms with Crippen molar-refractivity contribution < 1.29 is 4.79 Å². The van der Waals surface area contributed by atoms with Gasteiger partial charge in [-0.15, -0.1) is 0 Å². The molecule has 0 amide bonds. The summed E-state index contributed by atoms with van der Waals surface area (Å²) in [6.45, 7) is 2.26. The number of nitrogens with zero attached hydrogens (tertiary/aromatic N) is 3. The van der Waals surface area contributed by atoms with E-state index < -0.39 is 5.56 Å². The fourth-order valence-corrected chi connectivity index (χ4v) is 3.46. The van der Waals surface area contributed by atoms with Gasteiger partial charge < -0.3 is 4.98 Å². The fraction of sp³-hybridized carbons (Fsp3) is 0.714. The smallest absolute Gasteiger partial charge is 0.300 e. The van der Waals surface area contributed by atoms with Crippen LogP contribution in [0.25, 0.3) is 11.2 Å². The minimum absolute atomic E-state index is 0.0255. The lowest BCUT2D eigenvalue weighted by atomic mass is 10.0. The predicted octanol–water partition coefficient (Wildman–Crippen LogP) is 5.24. The Hall–Kier alpha value is -1.98. The van der Waals surface area contributed by atoms with Gasteiger partial charge in [0, 0.05) is 6.42 Å². The SMILES string of the molecule is CCCCCCCCCCCCCCCC(=O)n1cnc2c(=O)nc[nH]c21. The molecule has 2 rings (SSSR count). The Morgan fingerprint density at radius 1 is 0.889 bits per heavy atom. The van der Waals surface area contributed by atoms with Crippen molar-refractivity contribution in [1.29, 1.82) is 0 Å². The number of fused-ring (bicyclic) bond motifs is 1. The maximum Gasteiger partial charge on any atom is 0.300 e. The maximum atomic E-state index is 12.3. The van der Waals surface area contributed by atoms with Gasteiger partial charge in [0.2, 0.25) is 5.91 Å². The molecule has 1 N–H and O–H groups in total. The highest BCUT2D eigenvalue weighted by Gasteiger charge is 2.12. The van der Waals surface area contributed by atoms with Gasteiger partial charge in [0.15, 0.2) is 11.2 Å². The molecule has 2 heterocycles. The highest BCUT2D eigenvalue weighted by Crippen LogP contribution is 2.13. The topological polar surface area (TPSA) is 80.6 Å². The highest BCUT2D eigenvalue weighted by molar-refractivity contribution is 5.87.